The number of nitrogens with one attached hydrogen (secondary N) is 1. The summed E-state index contributed by atoms with van der Waals surface area (Å²) in [6.07, 6.45) is 0.707. The number of hydrogen-bond acceptors (Lipinski definition) is 5. The minimum atomic E-state index is -0.0872. The number of halogens is 1. The van der Waals surface area contributed by atoms with Crippen molar-refractivity contribution in [2.75, 3.05) is 0 Å². The van der Waals surface area contributed by atoms with E-state index in [0.717, 1.165) is 31.9 Å². The summed E-state index contributed by atoms with van der Waals surface area (Å²) < 4.78 is 6.86. The van der Waals surface area contributed by atoms with Crippen LogP contribution in [-0.4, -0.2) is 4.98 Å². The molecule has 20 heavy (non-hydrogen) atoms. The smallest absolute Gasteiger partial charge is 0.148 e. The third kappa shape index (κ3) is 2.64. The second kappa shape index (κ2) is 5.65. The van der Waals surface area contributed by atoms with Crippen LogP contribution in [0.3, 0.4) is 0 Å². The van der Waals surface area contributed by atoms with Crippen molar-refractivity contribution < 1.29 is 4.42 Å². The van der Waals surface area contributed by atoms with Crippen molar-refractivity contribution in [3.05, 3.63) is 50.6 Å². The summed E-state index contributed by atoms with van der Waals surface area (Å²) in [5.74, 6) is 6.49. The number of rotatable bonds is 4. The molecule has 0 radical (unpaired) electrons. The lowest BCUT2D eigenvalue weighted by Crippen LogP contribution is -2.29. The average molecular weight is 352 g/mol. The van der Waals surface area contributed by atoms with Crippen LogP contribution < -0.4 is 11.3 Å². The third-order valence-corrected chi connectivity index (χ3v) is 4.59. The molecular formula is C14H14BrN3OS. The van der Waals surface area contributed by atoms with Gasteiger partial charge in [0, 0.05) is 17.2 Å². The number of nitrogens with two attached hydrogens (primary N) is 1. The number of fused-ring (bicyclic) bond motifs is 1. The molecule has 104 valence electrons. The topological polar surface area (TPSA) is 64.1 Å². The summed E-state index contributed by atoms with van der Waals surface area (Å²) in [6, 6.07) is 7.90. The maximum absolute atomic E-state index is 5.92. The second-order valence-corrected chi connectivity index (χ2v) is 6.50. The highest BCUT2D eigenvalue weighted by molar-refractivity contribution is 9.10. The Labute approximate surface area is 129 Å². The van der Waals surface area contributed by atoms with Gasteiger partial charge in [0.1, 0.15) is 11.3 Å². The molecule has 3 N–H and O–H groups in total. The van der Waals surface area contributed by atoms with E-state index >= 15 is 0 Å². The van der Waals surface area contributed by atoms with Gasteiger partial charge < -0.3 is 4.42 Å². The Balaban J connectivity index is 1.92. The summed E-state index contributed by atoms with van der Waals surface area (Å²) in [7, 11) is 0. The predicted molar refractivity (Wildman–Crippen MR) is 84.5 cm³/mol. The molecule has 0 amide bonds. The summed E-state index contributed by atoms with van der Waals surface area (Å²) in [6.45, 7) is 2.00. The van der Waals surface area contributed by atoms with E-state index in [1.165, 1.54) is 0 Å². The highest BCUT2D eigenvalue weighted by Crippen LogP contribution is 2.30. The number of benzene rings is 1. The number of nitrogens with zero attached hydrogens (tertiary/aromatic N) is 1. The fraction of sp³-hybridized carbons (Fsp3) is 0.214. The molecule has 0 spiro atoms. The molecule has 0 aliphatic carbocycles. The first-order valence-corrected chi connectivity index (χ1v) is 7.89. The van der Waals surface area contributed by atoms with Gasteiger partial charge in [-0.05, 0) is 35.0 Å². The van der Waals surface area contributed by atoms with E-state index in [-0.39, 0.29) is 6.04 Å². The Morgan fingerprint density at radius 3 is 3.00 bits per heavy atom. The summed E-state index contributed by atoms with van der Waals surface area (Å²) >= 11 is 5.14. The van der Waals surface area contributed by atoms with Crippen molar-refractivity contribution in [2.45, 2.75) is 19.4 Å². The normalized spacial score (nSPS) is 12.9. The van der Waals surface area contributed by atoms with Gasteiger partial charge in [0.2, 0.25) is 0 Å². The maximum atomic E-state index is 5.92. The van der Waals surface area contributed by atoms with E-state index in [0.29, 0.717) is 6.42 Å². The van der Waals surface area contributed by atoms with Crippen molar-refractivity contribution in [3.63, 3.8) is 0 Å². The van der Waals surface area contributed by atoms with E-state index < -0.39 is 0 Å². The van der Waals surface area contributed by atoms with Crippen LogP contribution in [0.15, 0.2) is 38.5 Å². The molecule has 6 heteroatoms. The molecule has 3 rings (SSSR count). The van der Waals surface area contributed by atoms with Gasteiger partial charge in [-0.15, -0.1) is 11.3 Å². The van der Waals surface area contributed by atoms with E-state index in [1.54, 1.807) is 11.3 Å². The van der Waals surface area contributed by atoms with E-state index in [4.69, 9.17) is 10.3 Å². The first-order chi connectivity index (χ1) is 9.67. The molecule has 1 aromatic carbocycles. The molecule has 0 bridgehead atoms. The van der Waals surface area contributed by atoms with Crippen LogP contribution >= 0.6 is 27.3 Å². The molecule has 4 nitrogen and oxygen atoms in total. The van der Waals surface area contributed by atoms with Crippen molar-refractivity contribution in [1.82, 2.24) is 10.4 Å². The average Bonchev–Trinajstić information content (AvgIpc) is 3.03. The maximum Gasteiger partial charge on any atom is 0.148 e. The molecule has 1 atom stereocenters. The number of thiazole rings is 1. The van der Waals surface area contributed by atoms with Crippen molar-refractivity contribution in [2.24, 2.45) is 5.84 Å². The fourth-order valence-electron chi connectivity index (χ4n) is 2.17. The molecule has 0 aliphatic heterocycles. The Kier molecular flexibility index (Phi) is 3.89. The van der Waals surface area contributed by atoms with Crippen LogP contribution in [0, 0.1) is 6.92 Å². The van der Waals surface area contributed by atoms with E-state index in [2.05, 4.69) is 31.7 Å². The highest BCUT2D eigenvalue weighted by atomic mass is 79.9. The van der Waals surface area contributed by atoms with E-state index in [1.807, 2.05) is 31.2 Å². The summed E-state index contributed by atoms with van der Waals surface area (Å²) in [5.41, 5.74) is 4.68. The molecule has 0 aliphatic rings. The Hall–Kier alpha value is -1.21. The number of aromatic nitrogens is 1. The zero-order valence-corrected chi connectivity index (χ0v) is 13.3. The Bertz CT molecular complexity index is 737. The zero-order valence-electron chi connectivity index (χ0n) is 10.9. The lowest BCUT2D eigenvalue weighted by molar-refractivity contribution is 0.432. The number of para-hydroxylation sites is 1. The lowest BCUT2D eigenvalue weighted by atomic mass is 10.1. The quantitative estimate of drug-likeness (QED) is 0.555. The van der Waals surface area contributed by atoms with Gasteiger partial charge in [-0.2, -0.15) is 0 Å². The molecule has 0 fully saturated rings. The SMILES string of the molecule is Cc1nc(CC(NN)c2cc3cccc(Br)c3o2)cs1. The highest BCUT2D eigenvalue weighted by Gasteiger charge is 2.17. The minimum absolute atomic E-state index is 0.0872. The molecule has 0 saturated carbocycles. The molecule has 2 aromatic heterocycles. The van der Waals surface area contributed by atoms with Crippen molar-refractivity contribution in [3.8, 4) is 0 Å². The first-order valence-electron chi connectivity index (χ1n) is 6.22. The van der Waals surface area contributed by atoms with Gasteiger partial charge in [0.05, 0.1) is 21.2 Å². The van der Waals surface area contributed by atoms with Crippen LogP contribution in [-0.2, 0) is 6.42 Å². The number of furan rings is 1. The first kappa shape index (κ1) is 13.8. The summed E-state index contributed by atoms with van der Waals surface area (Å²) in [5, 5.41) is 4.17. The second-order valence-electron chi connectivity index (χ2n) is 4.59. The fourth-order valence-corrected chi connectivity index (χ4v) is 3.26. The van der Waals surface area contributed by atoms with E-state index in [9.17, 15) is 0 Å². The lowest BCUT2D eigenvalue weighted by Gasteiger charge is -2.11. The standard InChI is InChI=1S/C14H14BrN3OS/c1-8-17-10(7-20-8)6-12(18-16)13-5-9-3-2-4-11(15)14(9)19-13/h2-5,7,12,18H,6,16H2,1H3. The van der Waals surface area contributed by atoms with Gasteiger partial charge >= 0.3 is 0 Å². The molecule has 2 heterocycles. The predicted octanol–water partition coefficient (Wildman–Crippen LogP) is 3.71. The minimum Gasteiger partial charge on any atom is -0.458 e. The molecule has 0 saturated heterocycles. The summed E-state index contributed by atoms with van der Waals surface area (Å²) in [4.78, 5) is 4.47. The van der Waals surface area contributed by atoms with Gasteiger partial charge in [-0.1, -0.05) is 12.1 Å². The number of hydrogen-bond donors (Lipinski definition) is 2. The van der Waals surface area contributed by atoms with Crippen molar-refractivity contribution in [1.29, 1.82) is 0 Å². The molecule has 1 unspecified atom stereocenters. The van der Waals surface area contributed by atoms with Gasteiger partial charge in [-0.3, -0.25) is 5.84 Å². The van der Waals surface area contributed by atoms with Crippen LogP contribution in [0.4, 0.5) is 0 Å². The number of aryl methyl sites for hydroxylation is 1. The third-order valence-electron chi connectivity index (χ3n) is 3.14. The van der Waals surface area contributed by atoms with Crippen LogP contribution in [0.5, 0.6) is 0 Å². The van der Waals surface area contributed by atoms with Gasteiger partial charge in [-0.25, -0.2) is 10.4 Å². The zero-order chi connectivity index (χ0) is 14.1. The van der Waals surface area contributed by atoms with Crippen LogP contribution in [0.2, 0.25) is 0 Å². The van der Waals surface area contributed by atoms with Gasteiger partial charge in [0.25, 0.3) is 0 Å². The molecule has 3 aromatic rings. The number of hydrazine groups is 1. The Morgan fingerprint density at radius 2 is 2.35 bits per heavy atom. The Morgan fingerprint density at radius 1 is 1.50 bits per heavy atom. The molecular weight excluding hydrogens is 338 g/mol. The van der Waals surface area contributed by atoms with Gasteiger partial charge in [0.15, 0.2) is 0 Å². The van der Waals surface area contributed by atoms with Crippen LogP contribution in [0.25, 0.3) is 11.0 Å². The monoisotopic (exact) mass is 351 g/mol. The largest absolute Gasteiger partial charge is 0.458 e. The van der Waals surface area contributed by atoms with Crippen molar-refractivity contribution >= 4 is 38.2 Å². The van der Waals surface area contributed by atoms with Crippen LogP contribution in [0.1, 0.15) is 22.5 Å².